The van der Waals surface area contributed by atoms with Crippen LogP contribution in [-0.4, -0.2) is 30.1 Å². The van der Waals surface area contributed by atoms with E-state index in [1.54, 1.807) is 0 Å². The molecule has 0 unspecified atom stereocenters. The Morgan fingerprint density at radius 1 is 1.11 bits per heavy atom. The second-order valence-corrected chi connectivity index (χ2v) is 4.36. The molecule has 0 radical (unpaired) electrons. The van der Waals surface area contributed by atoms with Crippen molar-refractivity contribution in [1.82, 2.24) is 5.16 Å². The van der Waals surface area contributed by atoms with Crippen LogP contribution in [0.15, 0.2) is 28.8 Å². The molecule has 1 aromatic heterocycles. The molecule has 0 atom stereocenters. The highest BCUT2D eigenvalue weighted by atomic mass is 16.5. The summed E-state index contributed by atoms with van der Waals surface area (Å²) in [5.41, 5.74) is 1.65. The van der Waals surface area contributed by atoms with Crippen molar-refractivity contribution >= 4 is 0 Å². The number of hydrogen-bond acceptors (Lipinski definition) is 5. The molecule has 0 saturated carbocycles. The molecule has 100 valence electrons. The van der Waals surface area contributed by atoms with Gasteiger partial charge in [0, 0.05) is 24.5 Å². The molecule has 1 aromatic carbocycles. The van der Waals surface area contributed by atoms with Crippen LogP contribution in [0.4, 0.5) is 0 Å². The molecule has 0 aliphatic carbocycles. The van der Waals surface area contributed by atoms with E-state index in [1.807, 2.05) is 24.3 Å². The van der Waals surface area contributed by atoms with Crippen LogP contribution in [0.2, 0.25) is 0 Å². The lowest BCUT2D eigenvalue weighted by Crippen LogP contribution is -1.97. The summed E-state index contributed by atoms with van der Waals surface area (Å²) in [5.74, 6) is 2.17. The molecule has 1 aliphatic rings. The molecule has 2 heterocycles. The summed E-state index contributed by atoms with van der Waals surface area (Å²) >= 11 is 0. The van der Waals surface area contributed by atoms with Gasteiger partial charge in [-0.3, -0.25) is 0 Å². The first kappa shape index (κ1) is 12.0. The fourth-order valence-corrected chi connectivity index (χ4v) is 2.00. The summed E-state index contributed by atoms with van der Waals surface area (Å²) in [6, 6.07) is 7.54. The molecule has 5 nitrogen and oxygen atoms in total. The van der Waals surface area contributed by atoms with Gasteiger partial charge in [-0.15, -0.1) is 0 Å². The number of aliphatic hydroxyl groups excluding tert-OH is 1. The van der Waals surface area contributed by atoms with Gasteiger partial charge in [0.1, 0.15) is 11.5 Å². The van der Waals surface area contributed by atoms with Crippen molar-refractivity contribution in [2.45, 2.75) is 12.8 Å². The van der Waals surface area contributed by atoms with Crippen LogP contribution < -0.4 is 9.47 Å². The predicted molar refractivity (Wildman–Crippen MR) is 68.3 cm³/mol. The molecule has 0 fully saturated rings. The molecular formula is C14H15NO4. The second-order valence-electron chi connectivity index (χ2n) is 4.36. The smallest absolute Gasteiger partial charge is 0.161 e. The third-order valence-electron chi connectivity index (χ3n) is 2.96. The summed E-state index contributed by atoms with van der Waals surface area (Å²) in [7, 11) is 0. The topological polar surface area (TPSA) is 64.7 Å². The quantitative estimate of drug-likeness (QED) is 0.915. The Morgan fingerprint density at radius 2 is 1.95 bits per heavy atom. The van der Waals surface area contributed by atoms with Crippen molar-refractivity contribution in [3.05, 3.63) is 30.0 Å². The first-order chi connectivity index (χ1) is 9.36. The van der Waals surface area contributed by atoms with Gasteiger partial charge in [0.25, 0.3) is 0 Å². The number of benzene rings is 1. The van der Waals surface area contributed by atoms with Gasteiger partial charge in [0.15, 0.2) is 11.5 Å². The molecule has 3 rings (SSSR count). The van der Waals surface area contributed by atoms with Crippen molar-refractivity contribution < 1.29 is 19.1 Å². The Balaban J connectivity index is 1.89. The highest BCUT2D eigenvalue weighted by Crippen LogP contribution is 2.33. The van der Waals surface area contributed by atoms with E-state index in [0.29, 0.717) is 25.4 Å². The van der Waals surface area contributed by atoms with Crippen LogP contribution in [0.3, 0.4) is 0 Å². The maximum atomic E-state index is 8.86. The van der Waals surface area contributed by atoms with E-state index in [2.05, 4.69) is 5.16 Å². The van der Waals surface area contributed by atoms with Crippen molar-refractivity contribution in [2.75, 3.05) is 19.8 Å². The van der Waals surface area contributed by atoms with Gasteiger partial charge < -0.3 is 19.1 Å². The van der Waals surface area contributed by atoms with E-state index >= 15 is 0 Å². The van der Waals surface area contributed by atoms with Gasteiger partial charge >= 0.3 is 0 Å². The second kappa shape index (κ2) is 5.32. The molecular weight excluding hydrogens is 246 g/mol. The van der Waals surface area contributed by atoms with E-state index in [-0.39, 0.29) is 6.61 Å². The normalized spacial score (nSPS) is 14.2. The third kappa shape index (κ3) is 2.56. The highest BCUT2D eigenvalue weighted by Gasteiger charge is 2.13. The lowest BCUT2D eigenvalue weighted by molar-refractivity contribution is 0.277. The number of ether oxygens (including phenoxy) is 2. The summed E-state index contributed by atoms with van der Waals surface area (Å²) in [6.45, 7) is 1.39. The SMILES string of the molecule is OCCc1cc(-c2ccc3c(c2)OCCCO3)no1. The zero-order chi connectivity index (χ0) is 13.1. The number of nitrogens with zero attached hydrogens (tertiary/aromatic N) is 1. The molecule has 2 aromatic rings. The Morgan fingerprint density at radius 3 is 2.79 bits per heavy atom. The number of aromatic nitrogens is 1. The maximum absolute atomic E-state index is 8.86. The van der Waals surface area contributed by atoms with Crippen molar-refractivity contribution in [3.63, 3.8) is 0 Å². The average Bonchev–Trinajstić information content (AvgIpc) is 2.76. The first-order valence-electron chi connectivity index (χ1n) is 6.33. The van der Waals surface area contributed by atoms with Gasteiger partial charge in [0.2, 0.25) is 0 Å². The van der Waals surface area contributed by atoms with Crippen LogP contribution in [0.25, 0.3) is 11.3 Å². The number of aliphatic hydroxyl groups is 1. The largest absolute Gasteiger partial charge is 0.490 e. The molecule has 5 heteroatoms. The summed E-state index contributed by atoms with van der Waals surface area (Å²) < 4.78 is 16.4. The summed E-state index contributed by atoms with van der Waals surface area (Å²) in [6.07, 6.45) is 1.35. The number of fused-ring (bicyclic) bond motifs is 1. The average molecular weight is 261 g/mol. The highest BCUT2D eigenvalue weighted by molar-refractivity contribution is 5.63. The Kier molecular flexibility index (Phi) is 3.37. The molecule has 1 aliphatic heterocycles. The van der Waals surface area contributed by atoms with Gasteiger partial charge in [-0.2, -0.15) is 0 Å². The molecule has 0 bridgehead atoms. The summed E-state index contributed by atoms with van der Waals surface area (Å²) in [5, 5.41) is 12.9. The molecule has 0 amide bonds. The van der Waals surface area contributed by atoms with Crippen LogP contribution in [0.1, 0.15) is 12.2 Å². The van der Waals surface area contributed by atoms with Crippen LogP contribution in [-0.2, 0) is 6.42 Å². The van der Waals surface area contributed by atoms with Crippen molar-refractivity contribution in [3.8, 4) is 22.8 Å². The fraction of sp³-hybridized carbons (Fsp3) is 0.357. The predicted octanol–water partition coefficient (Wildman–Crippen LogP) is 2.04. The van der Waals surface area contributed by atoms with E-state index in [9.17, 15) is 0 Å². The first-order valence-corrected chi connectivity index (χ1v) is 6.33. The Bertz CT molecular complexity index is 564. The number of hydrogen-bond donors (Lipinski definition) is 1. The molecule has 19 heavy (non-hydrogen) atoms. The van der Waals surface area contributed by atoms with E-state index in [0.717, 1.165) is 29.2 Å². The number of rotatable bonds is 3. The van der Waals surface area contributed by atoms with E-state index < -0.39 is 0 Å². The summed E-state index contributed by atoms with van der Waals surface area (Å²) in [4.78, 5) is 0. The van der Waals surface area contributed by atoms with E-state index in [1.165, 1.54) is 0 Å². The van der Waals surface area contributed by atoms with Crippen LogP contribution in [0.5, 0.6) is 11.5 Å². The minimum atomic E-state index is 0.0514. The van der Waals surface area contributed by atoms with Gasteiger partial charge in [0.05, 0.1) is 19.8 Å². The molecule has 0 saturated heterocycles. The maximum Gasteiger partial charge on any atom is 0.161 e. The Hall–Kier alpha value is -2.01. The van der Waals surface area contributed by atoms with Gasteiger partial charge in [-0.05, 0) is 18.2 Å². The Labute approximate surface area is 110 Å². The van der Waals surface area contributed by atoms with Gasteiger partial charge in [-0.25, -0.2) is 0 Å². The van der Waals surface area contributed by atoms with Crippen molar-refractivity contribution in [1.29, 1.82) is 0 Å². The minimum Gasteiger partial charge on any atom is -0.490 e. The van der Waals surface area contributed by atoms with Crippen LogP contribution >= 0.6 is 0 Å². The lowest BCUT2D eigenvalue weighted by atomic mass is 10.1. The molecule has 1 N–H and O–H groups in total. The lowest BCUT2D eigenvalue weighted by Gasteiger charge is -2.07. The molecule has 0 spiro atoms. The fourth-order valence-electron chi connectivity index (χ4n) is 2.00. The monoisotopic (exact) mass is 261 g/mol. The van der Waals surface area contributed by atoms with Gasteiger partial charge in [-0.1, -0.05) is 5.16 Å². The van der Waals surface area contributed by atoms with Crippen LogP contribution in [0, 0.1) is 0 Å². The van der Waals surface area contributed by atoms with Crippen molar-refractivity contribution in [2.24, 2.45) is 0 Å². The standard InChI is InChI=1S/C14H15NO4/c16-5-4-11-9-12(15-19-11)10-2-3-13-14(8-10)18-7-1-6-17-13/h2-3,8-9,16H,1,4-7H2. The zero-order valence-corrected chi connectivity index (χ0v) is 10.5. The zero-order valence-electron chi connectivity index (χ0n) is 10.5. The van der Waals surface area contributed by atoms with E-state index in [4.69, 9.17) is 19.1 Å². The minimum absolute atomic E-state index is 0.0514. The third-order valence-corrected chi connectivity index (χ3v) is 2.96.